The highest BCUT2D eigenvalue weighted by Gasteiger charge is 2.48. The summed E-state index contributed by atoms with van der Waals surface area (Å²) in [6.45, 7) is 5.58. The second-order valence-corrected chi connectivity index (χ2v) is 16.0. The maximum absolute atomic E-state index is 13.4. The fourth-order valence-electron chi connectivity index (χ4n) is 8.87. The van der Waals surface area contributed by atoms with Gasteiger partial charge in [-0.05, 0) is 112 Å². The topological polar surface area (TPSA) is 158 Å². The molecule has 5 aliphatic rings. The molecule has 0 aromatic heterocycles. The van der Waals surface area contributed by atoms with Crippen LogP contribution in [-0.2, 0) is 38.4 Å². The number of carboxylic acids is 1. The molecule has 2 aliphatic heterocycles. The molecule has 3 aliphatic carbocycles. The Hall–Kier alpha value is -4.74. The van der Waals surface area contributed by atoms with Gasteiger partial charge >= 0.3 is 11.9 Å². The molecule has 2 heterocycles. The number of aliphatic carboxylic acids is 1. The zero-order valence-electron chi connectivity index (χ0n) is 33.7. The molecule has 6 N–H and O–H groups in total. The first kappa shape index (κ1) is 41.9. The second kappa shape index (κ2) is 20.6. The summed E-state index contributed by atoms with van der Waals surface area (Å²) in [5, 5.41) is 19.5. The first-order valence-electron chi connectivity index (χ1n) is 21.2. The van der Waals surface area contributed by atoms with Gasteiger partial charge in [-0.1, -0.05) is 85.6 Å². The Balaban J connectivity index is 0.000000172. The predicted molar refractivity (Wildman–Crippen MR) is 225 cm³/mol. The minimum Gasteiger partial charge on any atom is -0.480 e. The van der Waals surface area contributed by atoms with E-state index in [1.807, 2.05) is 36.4 Å². The molecule has 3 aromatic carbocycles. The summed E-state index contributed by atoms with van der Waals surface area (Å²) in [5.41, 5.74) is 12.4. The Labute approximate surface area is 338 Å². The van der Waals surface area contributed by atoms with Gasteiger partial charge in [-0.25, -0.2) is 4.79 Å². The molecule has 3 fully saturated rings. The van der Waals surface area contributed by atoms with E-state index < -0.39 is 24.1 Å². The lowest BCUT2D eigenvalue weighted by molar-refractivity contribution is -0.152. The number of rotatable bonds is 11. The van der Waals surface area contributed by atoms with E-state index in [2.05, 4.69) is 63.4 Å². The van der Waals surface area contributed by atoms with Crippen molar-refractivity contribution in [3.8, 4) is 0 Å². The number of benzene rings is 3. The number of likely N-dealkylation sites (tertiary alicyclic amines) is 1. The number of nitrogens with one attached hydrogen (secondary N) is 3. The maximum atomic E-state index is 13.4. The second-order valence-electron chi connectivity index (χ2n) is 16.0. The van der Waals surface area contributed by atoms with Gasteiger partial charge in [0.2, 0.25) is 5.91 Å². The van der Waals surface area contributed by atoms with Gasteiger partial charge in [0.25, 0.3) is 0 Å². The molecule has 0 unspecified atom stereocenters. The van der Waals surface area contributed by atoms with Gasteiger partial charge in [-0.2, -0.15) is 0 Å². The van der Waals surface area contributed by atoms with Crippen molar-refractivity contribution >= 4 is 29.5 Å². The SMILES string of the molecule is CCOC(=O)[C@H](CCc1ccccc1)N[C@@H](C)C(=O)N1[C@H](C(=O)O)C[C@H]2CCCC[C@@H]21.N[C@@H]1C[C@H]1c1ccccc1.c1cc2c(c(NC3=NCCN3)c1)CCCC2. The summed E-state index contributed by atoms with van der Waals surface area (Å²) < 4.78 is 5.22. The average Bonchev–Trinajstić information content (AvgIpc) is 3.56. The number of fused-ring (bicyclic) bond motifs is 2. The number of carboxylic acid groups (broad SMARTS) is 1. The number of carbonyl (C=O) groups is 3. The number of esters is 1. The maximum Gasteiger partial charge on any atom is 0.326 e. The van der Waals surface area contributed by atoms with E-state index in [-0.39, 0.29) is 30.4 Å². The Bertz CT molecular complexity index is 1810. The third kappa shape index (κ3) is 11.4. The van der Waals surface area contributed by atoms with E-state index in [0.29, 0.717) is 31.2 Å². The lowest BCUT2D eigenvalue weighted by Gasteiger charge is -2.35. The molecule has 57 heavy (non-hydrogen) atoms. The monoisotopic (exact) mass is 778 g/mol. The van der Waals surface area contributed by atoms with E-state index in [1.54, 1.807) is 18.7 Å². The van der Waals surface area contributed by atoms with Gasteiger partial charge in [0.05, 0.1) is 19.2 Å². The van der Waals surface area contributed by atoms with Crippen molar-refractivity contribution in [3.05, 3.63) is 101 Å². The summed E-state index contributed by atoms with van der Waals surface area (Å²) in [6, 6.07) is 25.2. The van der Waals surface area contributed by atoms with Gasteiger partial charge in [0, 0.05) is 30.2 Å². The first-order valence-corrected chi connectivity index (χ1v) is 21.2. The molecule has 0 bridgehead atoms. The summed E-state index contributed by atoms with van der Waals surface area (Å²) in [6.07, 6.45) is 11.9. The minimum absolute atomic E-state index is 0.0167. The number of hydrogen-bond acceptors (Lipinski definition) is 9. The normalized spacial score (nSPS) is 24.0. The number of hydrogen-bond donors (Lipinski definition) is 5. The third-order valence-corrected chi connectivity index (χ3v) is 12.0. The molecule has 1 saturated heterocycles. The molecule has 2 saturated carbocycles. The molecule has 3 aromatic rings. The largest absolute Gasteiger partial charge is 0.480 e. The number of ether oxygens (including phenoxy) is 1. The van der Waals surface area contributed by atoms with Crippen molar-refractivity contribution < 1.29 is 24.2 Å². The lowest BCUT2D eigenvalue weighted by atomic mass is 9.84. The number of guanidine groups is 1. The highest BCUT2D eigenvalue weighted by Crippen LogP contribution is 2.40. The molecule has 306 valence electrons. The third-order valence-electron chi connectivity index (χ3n) is 12.0. The quantitative estimate of drug-likeness (QED) is 0.143. The van der Waals surface area contributed by atoms with Crippen molar-refractivity contribution in [1.29, 1.82) is 0 Å². The molecular weight excluding hydrogens is 717 g/mol. The molecule has 11 heteroatoms. The van der Waals surface area contributed by atoms with Crippen molar-refractivity contribution in [1.82, 2.24) is 15.5 Å². The number of anilines is 1. The Morgan fingerprint density at radius 1 is 0.947 bits per heavy atom. The first-order chi connectivity index (χ1) is 27.7. The summed E-state index contributed by atoms with van der Waals surface area (Å²) in [5.74, 6) is 0.270. The summed E-state index contributed by atoms with van der Waals surface area (Å²) in [7, 11) is 0. The smallest absolute Gasteiger partial charge is 0.326 e. The highest BCUT2D eigenvalue weighted by atomic mass is 16.5. The Kier molecular flexibility index (Phi) is 15.1. The number of carbonyl (C=O) groups excluding carboxylic acids is 2. The number of nitrogens with zero attached hydrogens (tertiary/aromatic N) is 2. The summed E-state index contributed by atoms with van der Waals surface area (Å²) >= 11 is 0. The molecule has 8 rings (SSSR count). The fourth-order valence-corrected chi connectivity index (χ4v) is 8.87. The molecule has 1 amide bonds. The van der Waals surface area contributed by atoms with E-state index >= 15 is 0 Å². The van der Waals surface area contributed by atoms with Crippen LogP contribution >= 0.6 is 0 Å². The fraction of sp³-hybridized carbons (Fsp3) is 0.522. The molecule has 0 radical (unpaired) electrons. The Morgan fingerprint density at radius 3 is 2.35 bits per heavy atom. The van der Waals surface area contributed by atoms with Gasteiger partial charge < -0.3 is 31.1 Å². The van der Waals surface area contributed by atoms with E-state index in [1.165, 1.54) is 54.5 Å². The number of aryl methyl sites for hydroxylation is 2. The van der Waals surface area contributed by atoms with Crippen LogP contribution in [0.15, 0.2) is 83.9 Å². The van der Waals surface area contributed by atoms with E-state index in [4.69, 9.17) is 10.5 Å². The zero-order chi connectivity index (χ0) is 40.1. The van der Waals surface area contributed by atoms with Crippen LogP contribution in [0.5, 0.6) is 0 Å². The van der Waals surface area contributed by atoms with Crippen LogP contribution in [-0.4, -0.2) is 83.7 Å². The van der Waals surface area contributed by atoms with Crippen LogP contribution < -0.4 is 21.7 Å². The van der Waals surface area contributed by atoms with Crippen molar-refractivity contribution in [3.63, 3.8) is 0 Å². The average molecular weight is 779 g/mol. The van der Waals surface area contributed by atoms with Gasteiger partial charge in [0.15, 0.2) is 5.96 Å². The highest BCUT2D eigenvalue weighted by molar-refractivity contribution is 5.95. The molecule has 7 atom stereocenters. The number of amides is 1. The lowest BCUT2D eigenvalue weighted by Crippen LogP contribution is -2.55. The summed E-state index contributed by atoms with van der Waals surface area (Å²) in [4.78, 5) is 43.7. The van der Waals surface area contributed by atoms with Crippen LogP contribution in [0.25, 0.3) is 0 Å². The minimum atomic E-state index is -0.944. The predicted octanol–water partition coefficient (Wildman–Crippen LogP) is 6.21. The molecule has 11 nitrogen and oxygen atoms in total. The van der Waals surface area contributed by atoms with Gasteiger partial charge in [0.1, 0.15) is 12.1 Å². The molecule has 0 spiro atoms. The molecular formula is C46H62N6O5. The van der Waals surface area contributed by atoms with E-state index in [9.17, 15) is 19.5 Å². The van der Waals surface area contributed by atoms with Gasteiger partial charge in [-0.15, -0.1) is 0 Å². The van der Waals surface area contributed by atoms with E-state index in [0.717, 1.165) is 50.3 Å². The van der Waals surface area contributed by atoms with Crippen molar-refractivity contribution in [2.24, 2.45) is 16.6 Å². The number of aliphatic imine (C=N–C) groups is 1. The van der Waals surface area contributed by atoms with Crippen LogP contribution in [0.4, 0.5) is 5.69 Å². The Morgan fingerprint density at radius 2 is 1.67 bits per heavy atom. The van der Waals surface area contributed by atoms with Crippen molar-refractivity contribution in [2.75, 3.05) is 25.0 Å². The van der Waals surface area contributed by atoms with Crippen LogP contribution in [0.2, 0.25) is 0 Å². The van der Waals surface area contributed by atoms with Gasteiger partial charge in [-0.3, -0.25) is 19.9 Å². The standard InChI is InChI=1S/C24H34N2O5.C13H17N3.C9H11N/c1-3-31-24(30)19(14-13-17-9-5-4-6-10-17)25-16(2)22(27)26-20-12-8-7-11-18(20)15-21(26)23(28)29;1-2-6-11-10(4-1)5-3-7-12(11)16-13-14-8-9-15-13;10-9-6-8(9)7-4-2-1-3-5-7/h4-6,9-10,16,18-21,25H,3,7-8,11-15H2,1-2H3,(H,28,29);3,5,7H,1-2,4,6,8-9H2,(H2,14,15,16);1-5,8-9H,6,10H2/t16-,18+,19-,20-,21-;;8-,9+/m0.0/s1. The van der Waals surface area contributed by atoms with Crippen LogP contribution in [0.3, 0.4) is 0 Å². The number of nitrogens with two attached hydrogens (primary N) is 1. The van der Waals surface area contributed by atoms with Crippen LogP contribution in [0, 0.1) is 5.92 Å². The zero-order valence-corrected chi connectivity index (χ0v) is 33.7. The van der Waals surface area contributed by atoms with Crippen molar-refractivity contribution in [2.45, 2.75) is 127 Å². The van der Waals surface area contributed by atoms with Crippen LogP contribution in [0.1, 0.15) is 99.8 Å².